The number of hydrogen-bond donors (Lipinski definition) is 1. The third-order valence-corrected chi connectivity index (χ3v) is 7.06. The molecule has 1 aliphatic heterocycles. The van der Waals surface area contributed by atoms with Crippen molar-refractivity contribution in [2.45, 2.75) is 25.4 Å². The second kappa shape index (κ2) is 10.2. The SMILES string of the molecule is COc1ccc(-c2nc(-c3ccc(C(=O)NC4CCN(Cc5ccccc5)CC4)s3)no2)cc1. The van der Waals surface area contributed by atoms with Gasteiger partial charge in [0.05, 0.1) is 16.9 Å². The first-order chi connectivity index (χ1) is 16.7. The van der Waals surface area contributed by atoms with Crippen LogP contribution >= 0.6 is 11.3 Å². The molecular formula is C26H26N4O3S. The fourth-order valence-corrected chi connectivity index (χ4v) is 4.92. The van der Waals surface area contributed by atoms with Crippen LogP contribution in [0.5, 0.6) is 5.75 Å². The first kappa shape index (κ1) is 22.3. The Balaban J connectivity index is 1.16. The number of thiophene rings is 1. The minimum Gasteiger partial charge on any atom is -0.497 e. The summed E-state index contributed by atoms with van der Waals surface area (Å²) in [5, 5.41) is 7.29. The third-order valence-electron chi connectivity index (χ3n) is 5.98. The number of aromatic nitrogens is 2. The van der Waals surface area contributed by atoms with Crippen molar-refractivity contribution in [2.75, 3.05) is 20.2 Å². The van der Waals surface area contributed by atoms with Gasteiger partial charge in [0.2, 0.25) is 5.82 Å². The normalized spacial score (nSPS) is 14.7. The Bertz CT molecular complexity index is 1230. The number of methoxy groups -OCH3 is 1. The minimum atomic E-state index is -0.0448. The second-order valence-electron chi connectivity index (χ2n) is 8.33. The van der Waals surface area contributed by atoms with E-state index in [1.807, 2.05) is 42.5 Å². The number of hydrogen-bond acceptors (Lipinski definition) is 7. The maximum atomic E-state index is 12.8. The standard InChI is InChI=1S/C26H26N4O3S/c1-32-21-9-7-19(8-10-21)26-28-24(29-33-26)22-11-12-23(34-22)25(31)27-20-13-15-30(16-14-20)17-18-5-3-2-4-6-18/h2-12,20H,13-17H2,1H3,(H,27,31). The molecule has 174 valence electrons. The fraction of sp³-hybridized carbons (Fsp3) is 0.269. The number of carbonyl (C=O) groups excluding carboxylic acids is 1. The maximum Gasteiger partial charge on any atom is 0.261 e. The number of likely N-dealkylation sites (tertiary alicyclic amines) is 1. The van der Waals surface area contributed by atoms with E-state index < -0.39 is 0 Å². The number of benzene rings is 2. The molecule has 1 amide bonds. The van der Waals surface area contributed by atoms with Gasteiger partial charge in [0.25, 0.3) is 11.8 Å². The fourth-order valence-electron chi connectivity index (χ4n) is 4.09. The number of rotatable bonds is 7. The van der Waals surface area contributed by atoms with Gasteiger partial charge < -0.3 is 14.6 Å². The number of amides is 1. The smallest absolute Gasteiger partial charge is 0.261 e. The van der Waals surface area contributed by atoms with Gasteiger partial charge in [-0.1, -0.05) is 35.5 Å². The molecule has 5 rings (SSSR count). The van der Waals surface area contributed by atoms with Crippen molar-refractivity contribution < 1.29 is 14.1 Å². The second-order valence-corrected chi connectivity index (χ2v) is 9.41. The van der Waals surface area contributed by atoms with Crippen LogP contribution in [0.25, 0.3) is 22.2 Å². The average molecular weight is 475 g/mol. The lowest BCUT2D eigenvalue weighted by Gasteiger charge is -2.32. The van der Waals surface area contributed by atoms with E-state index in [0.717, 1.165) is 48.7 Å². The first-order valence-electron chi connectivity index (χ1n) is 11.3. The number of nitrogens with one attached hydrogen (secondary N) is 1. The van der Waals surface area contributed by atoms with Crippen LogP contribution in [0, 0.1) is 0 Å². The van der Waals surface area contributed by atoms with Crippen molar-refractivity contribution in [3.63, 3.8) is 0 Å². The number of nitrogens with zero attached hydrogens (tertiary/aromatic N) is 3. The van der Waals surface area contributed by atoms with Crippen LogP contribution in [0.4, 0.5) is 0 Å². The predicted octanol–water partition coefficient (Wildman–Crippen LogP) is 4.87. The molecule has 2 aromatic carbocycles. The monoisotopic (exact) mass is 474 g/mol. The van der Waals surface area contributed by atoms with Gasteiger partial charge in [-0.05, 0) is 54.8 Å². The van der Waals surface area contributed by atoms with Gasteiger partial charge in [0, 0.05) is 31.2 Å². The van der Waals surface area contributed by atoms with E-state index in [1.165, 1.54) is 16.9 Å². The van der Waals surface area contributed by atoms with Crippen LogP contribution in [-0.2, 0) is 6.54 Å². The van der Waals surface area contributed by atoms with Crippen molar-refractivity contribution in [3.05, 3.63) is 77.2 Å². The molecule has 4 aromatic rings. The van der Waals surface area contributed by atoms with Crippen LogP contribution in [0.1, 0.15) is 28.1 Å². The lowest BCUT2D eigenvalue weighted by molar-refractivity contribution is 0.0913. The van der Waals surface area contributed by atoms with Crippen molar-refractivity contribution in [1.82, 2.24) is 20.4 Å². The molecule has 0 bridgehead atoms. The molecular weight excluding hydrogens is 448 g/mol. The van der Waals surface area contributed by atoms with E-state index in [-0.39, 0.29) is 11.9 Å². The molecule has 7 nitrogen and oxygen atoms in total. The number of ether oxygens (including phenoxy) is 1. The highest BCUT2D eigenvalue weighted by Crippen LogP contribution is 2.29. The van der Waals surface area contributed by atoms with Crippen molar-refractivity contribution in [3.8, 4) is 27.9 Å². The van der Waals surface area contributed by atoms with Crippen LogP contribution in [0.15, 0.2) is 71.3 Å². The molecule has 1 aliphatic rings. The van der Waals surface area contributed by atoms with E-state index in [1.54, 1.807) is 7.11 Å². The Morgan fingerprint density at radius 2 is 1.85 bits per heavy atom. The van der Waals surface area contributed by atoms with Crippen molar-refractivity contribution >= 4 is 17.2 Å². The topological polar surface area (TPSA) is 80.5 Å². The summed E-state index contributed by atoms with van der Waals surface area (Å²) in [5.74, 6) is 1.62. The molecule has 8 heteroatoms. The van der Waals surface area contributed by atoms with Crippen LogP contribution in [0.3, 0.4) is 0 Å². The summed E-state index contributed by atoms with van der Waals surface area (Å²) in [6.07, 6.45) is 1.90. The molecule has 2 aromatic heterocycles. The zero-order chi connectivity index (χ0) is 23.3. The first-order valence-corrected chi connectivity index (χ1v) is 12.1. The summed E-state index contributed by atoms with van der Waals surface area (Å²) < 4.78 is 10.6. The Labute approximate surface area is 202 Å². The number of carbonyl (C=O) groups is 1. The van der Waals surface area contributed by atoms with Gasteiger partial charge in [-0.25, -0.2) is 0 Å². The lowest BCUT2D eigenvalue weighted by atomic mass is 10.0. The summed E-state index contributed by atoms with van der Waals surface area (Å²) in [6, 6.07) is 21.8. The quantitative estimate of drug-likeness (QED) is 0.412. The van der Waals surface area contributed by atoms with Gasteiger partial charge in [0.15, 0.2) is 0 Å². The molecule has 0 unspecified atom stereocenters. The van der Waals surface area contributed by atoms with Crippen molar-refractivity contribution in [1.29, 1.82) is 0 Å². The lowest BCUT2D eigenvalue weighted by Crippen LogP contribution is -2.44. The van der Waals surface area contributed by atoms with Gasteiger partial charge in [-0.2, -0.15) is 4.98 Å². The van der Waals surface area contributed by atoms with Crippen LogP contribution < -0.4 is 10.1 Å². The Kier molecular flexibility index (Phi) is 6.69. The molecule has 1 saturated heterocycles. The summed E-state index contributed by atoms with van der Waals surface area (Å²) in [6.45, 7) is 2.91. The van der Waals surface area contributed by atoms with E-state index >= 15 is 0 Å². The van der Waals surface area contributed by atoms with Crippen molar-refractivity contribution in [2.24, 2.45) is 0 Å². The van der Waals surface area contributed by atoms with E-state index in [2.05, 4.69) is 44.6 Å². The largest absolute Gasteiger partial charge is 0.497 e. The highest BCUT2D eigenvalue weighted by atomic mass is 32.1. The van der Waals surface area contributed by atoms with Gasteiger partial charge in [0.1, 0.15) is 5.75 Å². The van der Waals surface area contributed by atoms with Crippen LogP contribution in [0.2, 0.25) is 0 Å². The Hall–Kier alpha value is -3.49. The van der Waals surface area contributed by atoms with Gasteiger partial charge >= 0.3 is 0 Å². The summed E-state index contributed by atoms with van der Waals surface area (Å²) in [5.41, 5.74) is 2.14. The number of piperidine rings is 1. The molecule has 1 fully saturated rings. The van der Waals surface area contributed by atoms with E-state index in [9.17, 15) is 4.79 Å². The average Bonchev–Trinajstić information content (AvgIpc) is 3.56. The zero-order valence-electron chi connectivity index (χ0n) is 18.9. The zero-order valence-corrected chi connectivity index (χ0v) is 19.8. The minimum absolute atomic E-state index is 0.0448. The molecule has 0 radical (unpaired) electrons. The van der Waals surface area contributed by atoms with E-state index in [4.69, 9.17) is 9.26 Å². The Morgan fingerprint density at radius 1 is 1.09 bits per heavy atom. The molecule has 0 aliphatic carbocycles. The predicted molar refractivity (Wildman–Crippen MR) is 132 cm³/mol. The maximum absolute atomic E-state index is 12.8. The molecule has 0 saturated carbocycles. The summed E-state index contributed by atoms with van der Waals surface area (Å²) in [4.78, 5) is 21.2. The van der Waals surface area contributed by atoms with Crippen LogP contribution in [-0.4, -0.2) is 47.2 Å². The summed E-state index contributed by atoms with van der Waals surface area (Å²) in [7, 11) is 1.62. The molecule has 3 heterocycles. The molecule has 34 heavy (non-hydrogen) atoms. The molecule has 0 atom stereocenters. The highest BCUT2D eigenvalue weighted by Gasteiger charge is 2.22. The molecule has 0 spiro atoms. The summed E-state index contributed by atoms with van der Waals surface area (Å²) >= 11 is 1.37. The van der Waals surface area contributed by atoms with E-state index in [0.29, 0.717) is 16.6 Å². The highest BCUT2D eigenvalue weighted by molar-refractivity contribution is 7.17. The Morgan fingerprint density at radius 3 is 2.59 bits per heavy atom. The van der Waals surface area contributed by atoms with Gasteiger partial charge in [-0.15, -0.1) is 11.3 Å². The third kappa shape index (κ3) is 5.18. The van der Waals surface area contributed by atoms with Gasteiger partial charge in [-0.3, -0.25) is 9.69 Å². The molecule has 1 N–H and O–H groups in total.